The molecule has 0 radical (unpaired) electrons. The van der Waals surface area contributed by atoms with Gasteiger partial charge in [0.25, 0.3) is 5.91 Å². The van der Waals surface area contributed by atoms with Crippen LogP contribution in [0.1, 0.15) is 28.8 Å². The van der Waals surface area contributed by atoms with E-state index in [1.54, 1.807) is 6.07 Å². The molecule has 1 aliphatic rings. The highest BCUT2D eigenvalue weighted by Gasteiger charge is 2.20. The summed E-state index contributed by atoms with van der Waals surface area (Å²) in [6.45, 7) is 1.96. The second-order valence-electron chi connectivity index (χ2n) is 4.61. The van der Waals surface area contributed by atoms with E-state index in [0.717, 1.165) is 18.1 Å². The number of hydrogen-bond donors (Lipinski definition) is 1. The molecule has 0 atom stereocenters. The molecule has 0 aromatic heterocycles. The van der Waals surface area contributed by atoms with Gasteiger partial charge >= 0.3 is 0 Å². The van der Waals surface area contributed by atoms with E-state index in [9.17, 15) is 4.79 Å². The third-order valence-corrected chi connectivity index (χ3v) is 3.23. The van der Waals surface area contributed by atoms with Crippen molar-refractivity contribution in [1.82, 2.24) is 5.32 Å². The van der Waals surface area contributed by atoms with E-state index in [1.165, 1.54) is 12.8 Å². The molecular formula is C14H18ClNO2. The molecule has 0 bridgehead atoms. The molecule has 18 heavy (non-hydrogen) atoms. The molecule has 4 heteroatoms. The molecule has 0 saturated heterocycles. The molecular weight excluding hydrogens is 250 g/mol. The molecule has 0 aliphatic heterocycles. The summed E-state index contributed by atoms with van der Waals surface area (Å²) in [6.07, 6.45) is 2.58. The van der Waals surface area contributed by atoms with Crippen molar-refractivity contribution in [3.8, 4) is 0 Å². The minimum absolute atomic E-state index is 0.0722. The fourth-order valence-corrected chi connectivity index (χ4v) is 1.84. The third-order valence-electron chi connectivity index (χ3n) is 2.93. The number of alkyl halides is 1. The number of halogens is 1. The van der Waals surface area contributed by atoms with Gasteiger partial charge in [0.05, 0.1) is 6.61 Å². The average molecular weight is 268 g/mol. The van der Waals surface area contributed by atoms with Gasteiger partial charge in [-0.25, -0.2) is 0 Å². The first kappa shape index (κ1) is 13.4. The zero-order valence-corrected chi connectivity index (χ0v) is 11.1. The summed E-state index contributed by atoms with van der Waals surface area (Å²) in [6, 6.07) is 7.35. The molecule has 0 heterocycles. The van der Waals surface area contributed by atoms with E-state index in [2.05, 4.69) is 5.32 Å². The summed E-state index contributed by atoms with van der Waals surface area (Å²) >= 11 is 5.73. The molecule has 0 unspecified atom stereocenters. The summed E-state index contributed by atoms with van der Waals surface area (Å²) in [5, 5.41) is 2.84. The number of ether oxygens (including phenoxy) is 1. The predicted molar refractivity (Wildman–Crippen MR) is 71.9 cm³/mol. The van der Waals surface area contributed by atoms with Gasteiger partial charge in [0.2, 0.25) is 0 Å². The molecule has 1 amide bonds. The summed E-state index contributed by atoms with van der Waals surface area (Å²) in [7, 11) is 0. The Bertz CT molecular complexity index is 405. The van der Waals surface area contributed by atoms with Gasteiger partial charge in [-0.2, -0.15) is 0 Å². The minimum Gasteiger partial charge on any atom is -0.379 e. The van der Waals surface area contributed by atoms with Gasteiger partial charge in [0, 0.05) is 24.6 Å². The van der Waals surface area contributed by atoms with Crippen molar-refractivity contribution in [2.24, 2.45) is 5.92 Å². The van der Waals surface area contributed by atoms with Crippen LogP contribution in [-0.2, 0) is 10.6 Å². The number of carbonyl (C=O) groups is 1. The Balaban J connectivity index is 1.69. The number of amides is 1. The van der Waals surface area contributed by atoms with E-state index in [4.69, 9.17) is 16.3 Å². The second kappa shape index (κ2) is 6.76. The summed E-state index contributed by atoms with van der Waals surface area (Å²) in [5.74, 6) is 1.11. The zero-order valence-electron chi connectivity index (χ0n) is 10.3. The van der Waals surface area contributed by atoms with Gasteiger partial charge in [0.15, 0.2) is 0 Å². The van der Waals surface area contributed by atoms with Crippen LogP contribution in [0.5, 0.6) is 0 Å². The molecule has 1 aromatic rings. The smallest absolute Gasteiger partial charge is 0.251 e. The quantitative estimate of drug-likeness (QED) is 0.609. The zero-order chi connectivity index (χ0) is 12.8. The Morgan fingerprint density at radius 3 is 3.00 bits per heavy atom. The molecule has 1 aromatic carbocycles. The van der Waals surface area contributed by atoms with E-state index in [0.29, 0.717) is 24.6 Å². The lowest BCUT2D eigenvalue weighted by Crippen LogP contribution is -2.27. The van der Waals surface area contributed by atoms with Crippen molar-refractivity contribution >= 4 is 17.5 Å². The standard InChI is InChI=1S/C14H18ClNO2/c15-9-12-2-1-3-13(8-12)14(17)16-6-7-18-10-11-4-5-11/h1-3,8,11H,4-7,9-10H2,(H,16,17). The maximum absolute atomic E-state index is 11.8. The maximum atomic E-state index is 11.8. The van der Waals surface area contributed by atoms with Crippen LogP contribution in [-0.4, -0.2) is 25.7 Å². The first-order chi connectivity index (χ1) is 8.79. The molecule has 1 N–H and O–H groups in total. The highest BCUT2D eigenvalue weighted by Crippen LogP contribution is 2.28. The molecule has 2 rings (SSSR count). The summed E-state index contributed by atoms with van der Waals surface area (Å²) in [5.41, 5.74) is 1.60. The molecule has 98 valence electrons. The van der Waals surface area contributed by atoms with Crippen molar-refractivity contribution in [3.63, 3.8) is 0 Å². The van der Waals surface area contributed by atoms with Crippen LogP contribution in [0, 0.1) is 5.92 Å². The second-order valence-corrected chi connectivity index (χ2v) is 4.88. The number of nitrogens with one attached hydrogen (secondary N) is 1. The van der Waals surface area contributed by atoms with Crippen molar-refractivity contribution in [2.45, 2.75) is 18.7 Å². The van der Waals surface area contributed by atoms with Gasteiger partial charge in [0.1, 0.15) is 0 Å². The fourth-order valence-electron chi connectivity index (χ4n) is 1.67. The molecule has 1 saturated carbocycles. The van der Waals surface area contributed by atoms with Crippen LogP contribution in [0.15, 0.2) is 24.3 Å². The van der Waals surface area contributed by atoms with E-state index >= 15 is 0 Å². The molecule has 3 nitrogen and oxygen atoms in total. The fraction of sp³-hybridized carbons (Fsp3) is 0.500. The first-order valence-electron chi connectivity index (χ1n) is 6.30. The van der Waals surface area contributed by atoms with Crippen LogP contribution < -0.4 is 5.32 Å². The van der Waals surface area contributed by atoms with Gasteiger partial charge in [-0.05, 0) is 36.5 Å². The Morgan fingerprint density at radius 2 is 2.28 bits per heavy atom. The van der Waals surface area contributed by atoms with Gasteiger partial charge in [-0.1, -0.05) is 12.1 Å². The highest BCUT2D eigenvalue weighted by atomic mass is 35.5. The predicted octanol–water partition coefficient (Wildman–Crippen LogP) is 2.58. The molecule has 1 fully saturated rings. The van der Waals surface area contributed by atoms with Crippen LogP contribution in [0.25, 0.3) is 0 Å². The van der Waals surface area contributed by atoms with Crippen molar-refractivity contribution < 1.29 is 9.53 Å². The number of benzene rings is 1. The van der Waals surface area contributed by atoms with Crippen molar-refractivity contribution in [3.05, 3.63) is 35.4 Å². The first-order valence-corrected chi connectivity index (χ1v) is 6.84. The number of hydrogen-bond acceptors (Lipinski definition) is 2. The van der Waals surface area contributed by atoms with Gasteiger partial charge < -0.3 is 10.1 Å². The monoisotopic (exact) mass is 267 g/mol. The largest absolute Gasteiger partial charge is 0.379 e. The van der Waals surface area contributed by atoms with Crippen LogP contribution in [0.2, 0.25) is 0 Å². The van der Waals surface area contributed by atoms with Gasteiger partial charge in [-0.15, -0.1) is 11.6 Å². The van der Waals surface area contributed by atoms with Crippen LogP contribution in [0.4, 0.5) is 0 Å². The lowest BCUT2D eigenvalue weighted by Gasteiger charge is -2.06. The van der Waals surface area contributed by atoms with Crippen molar-refractivity contribution in [1.29, 1.82) is 0 Å². The summed E-state index contributed by atoms with van der Waals surface area (Å²) in [4.78, 5) is 11.8. The molecule has 0 spiro atoms. The summed E-state index contributed by atoms with van der Waals surface area (Å²) < 4.78 is 5.45. The Kier molecular flexibility index (Phi) is 5.02. The normalized spacial score (nSPS) is 14.5. The Morgan fingerprint density at radius 1 is 1.44 bits per heavy atom. The minimum atomic E-state index is -0.0722. The number of carbonyl (C=O) groups excluding carboxylic acids is 1. The maximum Gasteiger partial charge on any atom is 0.251 e. The SMILES string of the molecule is O=C(NCCOCC1CC1)c1cccc(CCl)c1. The van der Waals surface area contributed by atoms with E-state index in [-0.39, 0.29) is 5.91 Å². The van der Waals surface area contributed by atoms with E-state index < -0.39 is 0 Å². The third kappa shape index (κ3) is 4.31. The van der Waals surface area contributed by atoms with Gasteiger partial charge in [-0.3, -0.25) is 4.79 Å². The van der Waals surface area contributed by atoms with Crippen LogP contribution >= 0.6 is 11.6 Å². The van der Waals surface area contributed by atoms with Crippen LogP contribution in [0.3, 0.4) is 0 Å². The lowest BCUT2D eigenvalue weighted by atomic mass is 10.1. The average Bonchev–Trinajstić information content (AvgIpc) is 3.22. The topological polar surface area (TPSA) is 38.3 Å². The van der Waals surface area contributed by atoms with Crippen molar-refractivity contribution in [2.75, 3.05) is 19.8 Å². The molecule has 1 aliphatic carbocycles. The Hall–Kier alpha value is -1.06. The Labute approximate surface area is 112 Å². The number of rotatable bonds is 7. The lowest BCUT2D eigenvalue weighted by molar-refractivity contribution is 0.0906. The van der Waals surface area contributed by atoms with E-state index in [1.807, 2.05) is 18.2 Å². The highest BCUT2D eigenvalue weighted by molar-refractivity contribution is 6.17.